The number of carbonyl (C=O) groups excluding carboxylic acids is 1. The maximum Gasteiger partial charge on any atom is 0.310 e. The smallest absolute Gasteiger partial charge is 0.310 e. The van der Waals surface area contributed by atoms with Crippen molar-refractivity contribution >= 4 is 5.97 Å². The van der Waals surface area contributed by atoms with Crippen LogP contribution in [0.3, 0.4) is 0 Å². The fourth-order valence-corrected chi connectivity index (χ4v) is 3.02. The van der Waals surface area contributed by atoms with Crippen LogP contribution in [-0.2, 0) is 22.7 Å². The number of aliphatic hydroxyl groups is 1. The molecule has 1 aliphatic rings. The third-order valence-corrected chi connectivity index (χ3v) is 4.64. The Hall–Kier alpha value is -1.89. The van der Waals surface area contributed by atoms with Gasteiger partial charge in [0.15, 0.2) is 23.3 Å². The van der Waals surface area contributed by atoms with Crippen LogP contribution in [0.5, 0.6) is 0 Å². The first-order valence-electron chi connectivity index (χ1n) is 7.80. The van der Waals surface area contributed by atoms with Gasteiger partial charge in [-0.25, -0.2) is 17.6 Å². The number of esters is 1. The van der Waals surface area contributed by atoms with E-state index in [0.717, 1.165) is 5.57 Å². The largest absolute Gasteiger partial charge is 0.460 e. The first-order chi connectivity index (χ1) is 11.5. The zero-order chi connectivity index (χ0) is 19.1. The molecule has 138 valence electrons. The van der Waals surface area contributed by atoms with Crippen LogP contribution in [0.2, 0.25) is 0 Å². The third kappa shape index (κ3) is 3.42. The minimum Gasteiger partial charge on any atom is -0.460 e. The van der Waals surface area contributed by atoms with E-state index >= 15 is 0 Å². The number of allylic oxidation sites excluding steroid dienone is 2. The standard InChI is InChI=1S/C18H20F4O3/c1-8(2)5-11-12(18(11,3)4)17(24)25-7-10-15(21)13(19)9(6-23)14(20)16(10)22/h5,11-12,23H,6-7H2,1-4H3. The van der Waals surface area contributed by atoms with Crippen molar-refractivity contribution in [1.82, 2.24) is 0 Å². The van der Waals surface area contributed by atoms with Crippen LogP contribution < -0.4 is 0 Å². The molecule has 0 heterocycles. The minimum atomic E-state index is -1.69. The Kier molecular flexibility index (Phi) is 5.27. The first kappa shape index (κ1) is 19.4. The fourth-order valence-electron chi connectivity index (χ4n) is 3.02. The topological polar surface area (TPSA) is 46.5 Å². The Morgan fingerprint density at radius 2 is 1.56 bits per heavy atom. The summed E-state index contributed by atoms with van der Waals surface area (Å²) in [6.07, 6.45) is 1.92. The van der Waals surface area contributed by atoms with Crippen molar-refractivity contribution in [2.75, 3.05) is 0 Å². The van der Waals surface area contributed by atoms with Crippen LogP contribution in [0.4, 0.5) is 17.6 Å². The molecule has 0 aromatic heterocycles. The van der Waals surface area contributed by atoms with Crippen molar-refractivity contribution in [1.29, 1.82) is 0 Å². The molecule has 0 amide bonds. The Bertz CT molecular complexity index is 707. The van der Waals surface area contributed by atoms with Crippen LogP contribution >= 0.6 is 0 Å². The molecule has 1 N–H and O–H groups in total. The molecular weight excluding hydrogens is 340 g/mol. The second kappa shape index (κ2) is 6.78. The molecule has 1 aromatic rings. The highest BCUT2D eigenvalue weighted by Crippen LogP contribution is 2.59. The van der Waals surface area contributed by atoms with Gasteiger partial charge in [-0.15, -0.1) is 0 Å². The van der Waals surface area contributed by atoms with E-state index in [2.05, 4.69) is 0 Å². The summed E-state index contributed by atoms with van der Waals surface area (Å²) in [5, 5.41) is 8.79. The molecule has 1 aliphatic carbocycles. The predicted molar refractivity (Wildman–Crippen MR) is 82.2 cm³/mol. The van der Waals surface area contributed by atoms with E-state index < -0.39 is 59.5 Å². The van der Waals surface area contributed by atoms with Gasteiger partial charge in [-0.05, 0) is 25.2 Å². The molecule has 25 heavy (non-hydrogen) atoms. The van der Waals surface area contributed by atoms with Crippen molar-refractivity contribution in [3.05, 3.63) is 46.0 Å². The summed E-state index contributed by atoms with van der Waals surface area (Å²) in [6, 6.07) is 0. The number of hydrogen-bond donors (Lipinski definition) is 1. The highest BCUT2D eigenvalue weighted by molar-refractivity contribution is 5.78. The van der Waals surface area contributed by atoms with E-state index in [4.69, 9.17) is 9.84 Å². The van der Waals surface area contributed by atoms with Gasteiger partial charge in [-0.2, -0.15) is 0 Å². The van der Waals surface area contributed by atoms with Gasteiger partial charge >= 0.3 is 5.97 Å². The molecule has 1 aromatic carbocycles. The summed E-state index contributed by atoms with van der Waals surface area (Å²) < 4.78 is 59.9. The number of ether oxygens (including phenoxy) is 1. The van der Waals surface area contributed by atoms with E-state index in [9.17, 15) is 22.4 Å². The molecule has 0 bridgehead atoms. The molecule has 0 saturated heterocycles. The Labute approximate surface area is 143 Å². The summed E-state index contributed by atoms with van der Waals surface area (Å²) >= 11 is 0. The van der Waals surface area contributed by atoms with E-state index in [1.807, 2.05) is 33.8 Å². The summed E-state index contributed by atoms with van der Waals surface area (Å²) in [5.41, 5.74) is -1.45. The molecule has 2 atom stereocenters. The molecule has 2 rings (SSSR count). The number of aliphatic hydroxyl groups excluding tert-OH is 1. The molecule has 1 saturated carbocycles. The second-order valence-corrected chi connectivity index (χ2v) is 7.05. The van der Waals surface area contributed by atoms with E-state index in [0.29, 0.717) is 0 Å². The number of rotatable bonds is 5. The van der Waals surface area contributed by atoms with E-state index in [1.165, 1.54) is 0 Å². The Balaban J connectivity index is 2.18. The Morgan fingerprint density at radius 3 is 2.00 bits per heavy atom. The summed E-state index contributed by atoms with van der Waals surface area (Å²) in [4.78, 5) is 12.2. The zero-order valence-corrected chi connectivity index (χ0v) is 14.4. The van der Waals surface area contributed by atoms with Gasteiger partial charge in [0, 0.05) is 0 Å². The number of benzene rings is 1. The van der Waals surface area contributed by atoms with E-state index in [-0.39, 0.29) is 11.3 Å². The average Bonchev–Trinajstić information content (AvgIpc) is 3.05. The van der Waals surface area contributed by atoms with Crippen LogP contribution in [0, 0.1) is 40.5 Å². The normalized spacial score (nSPS) is 21.0. The SMILES string of the molecule is CC(C)=CC1C(C(=O)OCc2c(F)c(F)c(CO)c(F)c2F)C1(C)C. The highest BCUT2D eigenvalue weighted by atomic mass is 19.2. The van der Waals surface area contributed by atoms with Crippen molar-refractivity contribution in [3.63, 3.8) is 0 Å². The molecule has 3 nitrogen and oxygen atoms in total. The van der Waals surface area contributed by atoms with Crippen molar-refractivity contribution < 1.29 is 32.2 Å². The highest BCUT2D eigenvalue weighted by Gasteiger charge is 2.61. The molecule has 7 heteroatoms. The lowest BCUT2D eigenvalue weighted by Gasteiger charge is -2.11. The maximum absolute atomic E-state index is 13.9. The minimum absolute atomic E-state index is 0.0649. The lowest BCUT2D eigenvalue weighted by Crippen LogP contribution is -2.14. The summed E-state index contributed by atoms with van der Waals surface area (Å²) in [5.74, 6) is -7.97. The number of halogens is 4. The van der Waals surface area contributed by atoms with Gasteiger partial charge < -0.3 is 9.84 Å². The molecule has 1 fully saturated rings. The van der Waals surface area contributed by atoms with E-state index in [1.54, 1.807) is 0 Å². The van der Waals surface area contributed by atoms with Gasteiger partial charge in [0.1, 0.15) is 6.61 Å². The predicted octanol–water partition coefficient (Wildman–Crippen LogP) is 4.02. The van der Waals surface area contributed by atoms with Crippen molar-refractivity contribution in [2.45, 2.75) is 40.9 Å². The van der Waals surface area contributed by atoms with Crippen molar-refractivity contribution in [3.8, 4) is 0 Å². The molecule has 0 radical (unpaired) electrons. The summed E-state index contributed by atoms with van der Waals surface area (Å²) in [7, 11) is 0. The fraction of sp³-hybridized carbons (Fsp3) is 0.500. The lowest BCUT2D eigenvalue weighted by atomic mass is 10.1. The van der Waals surface area contributed by atoms with Crippen LogP contribution in [0.15, 0.2) is 11.6 Å². The van der Waals surface area contributed by atoms with Crippen LogP contribution in [-0.4, -0.2) is 11.1 Å². The number of carbonyl (C=O) groups is 1. The quantitative estimate of drug-likeness (QED) is 0.373. The van der Waals surface area contributed by atoms with Gasteiger partial charge in [0.25, 0.3) is 0 Å². The Morgan fingerprint density at radius 1 is 1.08 bits per heavy atom. The second-order valence-electron chi connectivity index (χ2n) is 7.05. The average molecular weight is 360 g/mol. The first-order valence-corrected chi connectivity index (χ1v) is 7.80. The molecular formula is C18H20F4O3. The monoisotopic (exact) mass is 360 g/mol. The van der Waals surface area contributed by atoms with Crippen molar-refractivity contribution in [2.24, 2.45) is 17.3 Å². The van der Waals surface area contributed by atoms with Gasteiger partial charge in [-0.3, -0.25) is 4.79 Å². The van der Waals surface area contributed by atoms with Gasteiger partial charge in [0.05, 0.1) is 23.7 Å². The number of hydrogen-bond acceptors (Lipinski definition) is 3. The van der Waals surface area contributed by atoms with Crippen LogP contribution in [0.25, 0.3) is 0 Å². The zero-order valence-electron chi connectivity index (χ0n) is 14.4. The lowest BCUT2D eigenvalue weighted by molar-refractivity contribution is -0.147. The molecule has 0 aliphatic heterocycles. The third-order valence-electron chi connectivity index (χ3n) is 4.64. The van der Waals surface area contributed by atoms with Crippen LogP contribution in [0.1, 0.15) is 38.8 Å². The van der Waals surface area contributed by atoms with Gasteiger partial charge in [0.2, 0.25) is 0 Å². The maximum atomic E-state index is 13.9. The summed E-state index contributed by atoms with van der Waals surface area (Å²) in [6.45, 7) is 5.38. The van der Waals surface area contributed by atoms with Gasteiger partial charge in [-0.1, -0.05) is 25.5 Å². The molecule has 0 spiro atoms. The molecule has 2 unspecified atom stereocenters.